The van der Waals surface area contributed by atoms with Crippen LogP contribution in [0.2, 0.25) is 0 Å². The first kappa shape index (κ1) is 27.1. The van der Waals surface area contributed by atoms with Crippen LogP contribution in [0.15, 0.2) is 94.2 Å². The summed E-state index contributed by atoms with van der Waals surface area (Å²) < 4.78 is 13.3. The third-order valence-corrected chi connectivity index (χ3v) is 7.57. The van der Waals surface area contributed by atoms with Crippen molar-refractivity contribution in [3.05, 3.63) is 121 Å². The summed E-state index contributed by atoms with van der Waals surface area (Å²) in [5, 5.41) is 0. The van der Waals surface area contributed by atoms with Gasteiger partial charge in [-0.05, 0) is 55.3 Å². The van der Waals surface area contributed by atoms with Crippen LogP contribution in [-0.2, 0) is 9.53 Å². The Hall–Kier alpha value is -4.43. The number of rotatable bonds is 8. The molecule has 1 aromatic heterocycles. The van der Waals surface area contributed by atoms with Gasteiger partial charge in [0, 0.05) is 25.3 Å². The van der Waals surface area contributed by atoms with Crippen molar-refractivity contribution < 1.29 is 14.3 Å². The molecular formula is C32H31N3O4S. The van der Waals surface area contributed by atoms with Gasteiger partial charge in [-0.2, -0.15) is 0 Å². The second-order valence-corrected chi connectivity index (χ2v) is 10.4. The summed E-state index contributed by atoms with van der Waals surface area (Å²) in [6.07, 6.45) is 1.87. The van der Waals surface area contributed by atoms with E-state index in [9.17, 15) is 9.59 Å². The molecule has 0 aliphatic carbocycles. The minimum Gasteiger partial charge on any atom is -0.494 e. The molecule has 0 saturated heterocycles. The summed E-state index contributed by atoms with van der Waals surface area (Å²) >= 11 is 1.31. The number of benzene rings is 3. The molecule has 2 heterocycles. The number of thiazole rings is 1. The summed E-state index contributed by atoms with van der Waals surface area (Å²) in [4.78, 5) is 35.0. The molecule has 0 radical (unpaired) electrons. The molecule has 0 amide bonds. The highest BCUT2D eigenvalue weighted by molar-refractivity contribution is 7.07. The number of aromatic nitrogens is 1. The topological polar surface area (TPSA) is 73.1 Å². The van der Waals surface area contributed by atoms with Crippen molar-refractivity contribution in [2.45, 2.75) is 19.9 Å². The van der Waals surface area contributed by atoms with Gasteiger partial charge in [-0.3, -0.25) is 9.36 Å². The second-order valence-electron chi connectivity index (χ2n) is 9.42. The Kier molecular flexibility index (Phi) is 7.98. The van der Waals surface area contributed by atoms with Crippen LogP contribution in [0.5, 0.6) is 5.75 Å². The van der Waals surface area contributed by atoms with Gasteiger partial charge >= 0.3 is 5.97 Å². The van der Waals surface area contributed by atoms with E-state index in [1.807, 2.05) is 111 Å². The largest absolute Gasteiger partial charge is 0.494 e. The molecule has 3 aromatic carbocycles. The van der Waals surface area contributed by atoms with Crippen LogP contribution < -0.4 is 24.5 Å². The van der Waals surface area contributed by atoms with Gasteiger partial charge in [-0.1, -0.05) is 65.9 Å². The van der Waals surface area contributed by atoms with E-state index in [-0.39, 0.29) is 12.2 Å². The molecule has 0 saturated carbocycles. The Morgan fingerprint density at radius 3 is 2.30 bits per heavy atom. The number of anilines is 1. The molecule has 0 bridgehead atoms. The minimum absolute atomic E-state index is 0.202. The second kappa shape index (κ2) is 11.8. The number of nitrogens with zero attached hydrogens (tertiary/aromatic N) is 3. The molecule has 8 heteroatoms. The van der Waals surface area contributed by atoms with Gasteiger partial charge < -0.3 is 14.4 Å². The van der Waals surface area contributed by atoms with Gasteiger partial charge in [0.25, 0.3) is 5.56 Å². The van der Waals surface area contributed by atoms with Crippen LogP contribution in [0, 0.1) is 0 Å². The molecule has 0 fully saturated rings. The van der Waals surface area contributed by atoms with E-state index in [0.717, 1.165) is 22.4 Å². The van der Waals surface area contributed by atoms with E-state index in [0.29, 0.717) is 33.0 Å². The molecule has 7 nitrogen and oxygen atoms in total. The van der Waals surface area contributed by atoms with Crippen LogP contribution in [0.4, 0.5) is 5.69 Å². The van der Waals surface area contributed by atoms with E-state index in [1.54, 1.807) is 11.5 Å². The maximum atomic E-state index is 14.0. The molecule has 1 atom stereocenters. The SMILES string of the molecule is CCOC(=O)C1=C(c2ccccc2)N=c2s/c(=C/c3ccc(N(C)C)cc3)c(=O)n2C1c1ccc(OCC)cc1. The molecule has 1 unspecified atom stereocenters. The van der Waals surface area contributed by atoms with Gasteiger partial charge in [0.05, 0.1) is 35.1 Å². The number of carbonyl (C=O) groups is 1. The smallest absolute Gasteiger partial charge is 0.338 e. The van der Waals surface area contributed by atoms with Crippen LogP contribution in [0.1, 0.15) is 36.6 Å². The van der Waals surface area contributed by atoms with Crippen molar-refractivity contribution in [1.82, 2.24) is 4.57 Å². The number of hydrogen-bond acceptors (Lipinski definition) is 7. The maximum absolute atomic E-state index is 14.0. The molecule has 1 aliphatic rings. The monoisotopic (exact) mass is 553 g/mol. The first-order chi connectivity index (χ1) is 19.4. The summed E-state index contributed by atoms with van der Waals surface area (Å²) in [5.74, 6) is 0.210. The summed E-state index contributed by atoms with van der Waals surface area (Å²) in [7, 11) is 3.97. The molecule has 204 valence electrons. The first-order valence-electron chi connectivity index (χ1n) is 13.2. The predicted molar refractivity (Wildman–Crippen MR) is 159 cm³/mol. The maximum Gasteiger partial charge on any atom is 0.338 e. The summed E-state index contributed by atoms with van der Waals surface area (Å²) in [6, 6.07) is 24.3. The molecule has 1 aliphatic heterocycles. The van der Waals surface area contributed by atoms with E-state index in [1.165, 1.54) is 11.3 Å². The van der Waals surface area contributed by atoms with E-state index in [2.05, 4.69) is 0 Å². The standard InChI is InChI=1S/C32H31N3O4S/c1-5-38-25-18-14-23(15-19-25)29-27(31(37)39-6-2)28(22-10-8-7-9-11-22)33-32-35(29)30(36)26(40-32)20-21-12-16-24(17-13-21)34(3)4/h7-20,29H,5-6H2,1-4H3/b26-20+. The van der Waals surface area contributed by atoms with E-state index >= 15 is 0 Å². The first-order valence-corrected chi connectivity index (χ1v) is 14.0. The van der Waals surface area contributed by atoms with Crippen LogP contribution in [0.3, 0.4) is 0 Å². The number of esters is 1. The van der Waals surface area contributed by atoms with Gasteiger partial charge in [0.1, 0.15) is 5.75 Å². The van der Waals surface area contributed by atoms with Crippen molar-refractivity contribution in [1.29, 1.82) is 0 Å². The Balaban J connectivity index is 1.76. The highest BCUT2D eigenvalue weighted by Gasteiger charge is 2.35. The zero-order valence-electron chi connectivity index (χ0n) is 23.0. The highest BCUT2D eigenvalue weighted by atomic mass is 32.1. The van der Waals surface area contributed by atoms with E-state index < -0.39 is 12.0 Å². The van der Waals surface area contributed by atoms with Crippen molar-refractivity contribution in [3.63, 3.8) is 0 Å². The predicted octanol–water partition coefficient (Wildman–Crippen LogP) is 4.40. The Labute approximate surface area is 237 Å². The normalized spacial score (nSPS) is 14.9. The zero-order valence-corrected chi connectivity index (χ0v) is 23.8. The molecule has 4 aromatic rings. The fourth-order valence-electron chi connectivity index (χ4n) is 4.69. The lowest BCUT2D eigenvalue weighted by atomic mass is 9.93. The zero-order chi connectivity index (χ0) is 28.2. The Bertz CT molecular complexity index is 1720. The van der Waals surface area contributed by atoms with Crippen molar-refractivity contribution >= 4 is 34.8 Å². The molecular weight excluding hydrogens is 522 g/mol. The van der Waals surface area contributed by atoms with E-state index in [4.69, 9.17) is 14.5 Å². The average Bonchev–Trinajstić information content (AvgIpc) is 3.28. The average molecular weight is 554 g/mol. The third kappa shape index (κ3) is 5.35. The fraction of sp³-hybridized carbons (Fsp3) is 0.219. The lowest BCUT2D eigenvalue weighted by molar-refractivity contribution is -0.138. The summed E-state index contributed by atoms with van der Waals surface area (Å²) in [5.41, 5.74) is 4.12. The van der Waals surface area contributed by atoms with Gasteiger partial charge in [-0.15, -0.1) is 0 Å². The number of ether oxygens (including phenoxy) is 2. The minimum atomic E-state index is -0.723. The van der Waals surface area contributed by atoms with Gasteiger partial charge in [0.15, 0.2) is 4.80 Å². The van der Waals surface area contributed by atoms with Crippen molar-refractivity contribution in [3.8, 4) is 5.75 Å². The van der Waals surface area contributed by atoms with Gasteiger partial charge in [0.2, 0.25) is 0 Å². The Morgan fingerprint density at radius 1 is 0.975 bits per heavy atom. The number of hydrogen-bond donors (Lipinski definition) is 0. The molecule has 5 rings (SSSR count). The van der Waals surface area contributed by atoms with Gasteiger partial charge in [-0.25, -0.2) is 9.79 Å². The van der Waals surface area contributed by atoms with Crippen molar-refractivity contribution in [2.75, 3.05) is 32.2 Å². The quantitative estimate of drug-likeness (QED) is 0.303. The Morgan fingerprint density at radius 2 is 1.68 bits per heavy atom. The molecule has 0 N–H and O–H groups in total. The molecule has 0 spiro atoms. The number of fused-ring (bicyclic) bond motifs is 1. The van der Waals surface area contributed by atoms with Crippen LogP contribution >= 0.6 is 11.3 Å². The lowest BCUT2D eigenvalue weighted by Crippen LogP contribution is -2.40. The van der Waals surface area contributed by atoms with Crippen LogP contribution in [-0.4, -0.2) is 37.8 Å². The highest BCUT2D eigenvalue weighted by Crippen LogP contribution is 2.35. The number of carbonyl (C=O) groups excluding carboxylic acids is 1. The fourth-order valence-corrected chi connectivity index (χ4v) is 5.69. The summed E-state index contributed by atoms with van der Waals surface area (Å²) in [6.45, 7) is 4.43. The van der Waals surface area contributed by atoms with Crippen molar-refractivity contribution in [2.24, 2.45) is 4.99 Å². The molecule has 40 heavy (non-hydrogen) atoms. The third-order valence-electron chi connectivity index (χ3n) is 6.59. The van der Waals surface area contributed by atoms with Crippen LogP contribution in [0.25, 0.3) is 11.8 Å². The lowest BCUT2D eigenvalue weighted by Gasteiger charge is -2.26.